The van der Waals surface area contributed by atoms with Gasteiger partial charge in [-0.25, -0.2) is 0 Å². The first kappa shape index (κ1) is 17.3. The number of allylic oxidation sites excluding steroid dienone is 1. The van der Waals surface area contributed by atoms with E-state index in [2.05, 4.69) is 88.7 Å². The van der Waals surface area contributed by atoms with Crippen LogP contribution in [0.2, 0.25) is 0 Å². The molecule has 2 heterocycles. The van der Waals surface area contributed by atoms with Gasteiger partial charge in [-0.05, 0) is 60.0 Å². The van der Waals surface area contributed by atoms with Gasteiger partial charge in [0, 0.05) is 40.8 Å². The standard InChI is InChI=1S/C27H22N2O/c30-18-19-10-12-25-20(16-19)14-15-28(25)22-11-13-27-24(17-22)23-8-4-5-9-26(23)29(27)21-6-2-1-3-7-21/h1-13,16-18,24,27H,14-15H2. The highest BCUT2D eigenvalue weighted by molar-refractivity contribution is 5.79. The second kappa shape index (κ2) is 6.74. The number of carbonyl (C=O) groups is 1. The Balaban J connectivity index is 1.40. The van der Waals surface area contributed by atoms with Crippen LogP contribution in [0.1, 0.15) is 27.4 Å². The van der Waals surface area contributed by atoms with E-state index >= 15 is 0 Å². The van der Waals surface area contributed by atoms with Crippen molar-refractivity contribution in [3.8, 4) is 0 Å². The molecule has 2 atom stereocenters. The molecule has 0 amide bonds. The van der Waals surface area contributed by atoms with E-state index in [1.807, 2.05) is 12.1 Å². The number of nitrogens with zero attached hydrogens (tertiary/aromatic N) is 2. The van der Waals surface area contributed by atoms with Crippen LogP contribution in [0.5, 0.6) is 0 Å². The third kappa shape index (κ3) is 2.55. The number of anilines is 3. The summed E-state index contributed by atoms with van der Waals surface area (Å²) in [6.45, 7) is 0.954. The molecule has 6 rings (SSSR count). The van der Waals surface area contributed by atoms with Crippen molar-refractivity contribution in [2.75, 3.05) is 16.3 Å². The highest BCUT2D eigenvalue weighted by atomic mass is 16.1. The van der Waals surface area contributed by atoms with E-state index in [0.717, 1.165) is 24.8 Å². The summed E-state index contributed by atoms with van der Waals surface area (Å²) in [4.78, 5) is 16.0. The molecule has 0 N–H and O–H groups in total. The number of hydrogen-bond acceptors (Lipinski definition) is 3. The van der Waals surface area contributed by atoms with E-state index in [0.29, 0.717) is 5.92 Å². The number of carbonyl (C=O) groups excluding carboxylic acids is 1. The predicted molar refractivity (Wildman–Crippen MR) is 122 cm³/mol. The van der Waals surface area contributed by atoms with Crippen LogP contribution in [0, 0.1) is 0 Å². The van der Waals surface area contributed by atoms with Crippen molar-refractivity contribution in [3.05, 3.63) is 113 Å². The number of para-hydroxylation sites is 2. The van der Waals surface area contributed by atoms with Crippen LogP contribution < -0.4 is 9.80 Å². The molecule has 146 valence electrons. The second-order valence-corrected chi connectivity index (χ2v) is 8.14. The fraction of sp³-hybridized carbons (Fsp3) is 0.148. The Morgan fingerprint density at radius 2 is 1.73 bits per heavy atom. The van der Waals surface area contributed by atoms with Gasteiger partial charge in [0.1, 0.15) is 6.29 Å². The van der Waals surface area contributed by atoms with Gasteiger partial charge in [-0.2, -0.15) is 0 Å². The molecule has 3 heteroatoms. The highest BCUT2D eigenvalue weighted by Crippen LogP contribution is 2.48. The van der Waals surface area contributed by atoms with E-state index in [-0.39, 0.29) is 6.04 Å². The van der Waals surface area contributed by atoms with E-state index < -0.39 is 0 Å². The summed E-state index contributed by atoms with van der Waals surface area (Å²) in [5, 5.41) is 0. The van der Waals surface area contributed by atoms with E-state index in [9.17, 15) is 4.79 Å². The molecular weight excluding hydrogens is 368 g/mol. The Kier molecular flexibility index (Phi) is 3.88. The zero-order valence-corrected chi connectivity index (χ0v) is 16.6. The van der Waals surface area contributed by atoms with Crippen molar-refractivity contribution >= 4 is 23.3 Å². The van der Waals surface area contributed by atoms with Gasteiger partial charge >= 0.3 is 0 Å². The first-order chi connectivity index (χ1) is 14.8. The zero-order chi connectivity index (χ0) is 20.1. The molecule has 3 nitrogen and oxygen atoms in total. The summed E-state index contributed by atoms with van der Waals surface area (Å²) < 4.78 is 0. The lowest BCUT2D eigenvalue weighted by Gasteiger charge is -2.31. The molecule has 0 saturated carbocycles. The monoisotopic (exact) mass is 390 g/mol. The predicted octanol–water partition coefficient (Wildman–Crippen LogP) is 5.62. The maximum absolute atomic E-state index is 11.1. The third-order valence-corrected chi connectivity index (χ3v) is 6.52. The van der Waals surface area contributed by atoms with Crippen molar-refractivity contribution < 1.29 is 4.79 Å². The number of fused-ring (bicyclic) bond motifs is 4. The Labute approximate surface area is 176 Å². The first-order valence-electron chi connectivity index (χ1n) is 10.5. The van der Waals surface area contributed by atoms with E-state index in [4.69, 9.17) is 0 Å². The molecule has 0 fully saturated rings. The summed E-state index contributed by atoms with van der Waals surface area (Å²) in [5.41, 5.74) is 8.38. The lowest BCUT2D eigenvalue weighted by molar-refractivity contribution is 0.112. The number of benzene rings is 3. The summed E-state index contributed by atoms with van der Waals surface area (Å²) in [5.74, 6) is 0.319. The van der Waals surface area contributed by atoms with Gasteiger partial charge in [0.15, 0.2) is 0 Å². The van der Waals surface area contributed by atoms with Crippen LogP contribution in [0.15, 0.2) is 96.7 Å². The van der Waals surface area contributed by atoms with Gasteiger partial charge in [0.2, 0.25) is 0 Å². The lowest BCUT2D eigenvalue weighted by Crippen LogP contribution is -2.31. The molecule has 2 aliphatic heterocycles. The lowest BCUT2D eigenvalue weighted by atomic mass is 9.90. The largest absolute Gasteiger partial charge is 0.341 e. The highest BCUT2D eigenvalue weighted by Gasteiger charge is 2.39. The smallest absolute Gasteiger partial charge is 0.150 e. The van der Waals surface area contributed by atoms with Crippen molar-refractivity contribution in [3.63, 3.8) is 0 Å². The minimum atomic E-state index is 0.285. The molecule has 3 aliphatic rings. The number of hydrogen-bond donors (Lipinski definition) is 0. The number of aldehydes is 1. The minimum absolute atomic E-state index is 0.285. The van der Waals surface area contributed by atoms with Gasteiger partial charge in [-0.15, -0.1) is 0 Å². The van der Waals surface area contributed by atoms with Crippen LogP contribution in [0.4, 0.5) is 17.1 Å². The Morgan fingerprint density at radius 3 is 2.60 bits per heavy atom. The molecule has 30 heavy (non-hydrogen) atoms. The zero-order valence-electron chi connectivity index (χ0n) is 16.6. The van der Waals surface area contributed by atoms with Crippen LogP contribution in [0.3, 0.4) is 0 Å². The van der Waals surface area contributed by atoms with Crippen molar-refractivity contribution in [2.45, 2.75) is 18.4 Å². The molecule has 0 radical (unpaired) electrons. The molecule has 0 aromatic heterocycles. The third-order valence-electron chi connectivity index (χ3n) is 6.52. The second-order valence-electron chi connectivity index (χ2n) is 8.14. The average molecular weight is 390 g/mol. The molecule has 0 bridgehead atoms. The molecule has 0 spiro atoms. The van der Waals surface area contributed by atoms with Crippen molar-refractivity contribution in [1.29, 1.82) is 0 Å². The normalized spacial score (nSPS) is 21.1. The summed E-state index contributed by atoms with van der Waals surface area (Å²) >= 11 is 0. The van der Waals surface area contributed by atoms with Gasteiger partial charge in [-0.1, -0.05) is 48.6 Å². The summed E-state index contributed by atoms with van der Waals surface area (Å²) in [6, 6.07) is 25.7. The summed E-state index contributed by atoms with van der Waals surface area (Å²) in [7, 11) is 0. The van der Waals surface area contributed by atoms with Gasteiger partial charge in [0.05, 0.1) is 6.04 Å². The van der Waals surface area contributed by atoms with Crippen molar-refractivity contribution in [2.24, 2.45) is 0 Å². The first-order valence-corrected chi connectivity index (χ1v) is 10.5. The Hall–Kier alpha value is -3.59. The van der Waals surface area contributed by atoms with E-state index in [1.165, 1.54) is 33.9 Å². The van der Waals surface area contributed by atoms with Crippen LogP contribution >= 0.6 is 0 Å². The maximum Gasteiger partial charge on any atom is 0.150 e. The quantitative estimate of drug-likeness (QED) is 0.542. The Morgan fingerprint density at radius 1 is 0.900 bits per heavy atom. The maximum atomic E-state index is 11.1. The molecule has 1 aliphatic carbocycles. The van der Waals surface area contributed by atoms with Gasteiger partial charge < -0.3 is 9.80 Å². The number of rotatable bonds is 3. The molecule has 3 aromatic rings. The van der Waals surface area contributed by atoms with Crippen LogP contribution in [-0.4, -0.2) is 18.9 Å². The Bertz CT molecular complexity index is 1190. The van der Waals surface area contributed by atoms with Gasteiger partial charge in [-0.3, -0.25) is 4.79 Å². The molecule has 2 unspecified atom stereocenters. The topological polar surface area (TPSA) is 23.6 Å². The van der Waals surface area contributed by atoms with Crippen molar-refractivity contribution in [1.82, 2.24) is 0 Å². The van der Waals surface area contributed by atoms with Crippen LogP contribution in [-0.2, 0) is 6.42 Å². The fourth-order valence-corrected chi connectivity index (χ4v) is 5.17. The summed E-state index contributed by atoms with van der Waals surface area (Å²) in [6.07, 6.45) is 8.95. The average Bonchev–Trinajstić information content (AvgIpc) is 3.38. The molecule has 3 aromatic carbocycles. The molecular formula is C27H22N2O. The fourth-order valence-electron chi connectivity index (χ4n) is 5.17. The van der Waals surface area contributed by atoms with E-state index in [1.54, 1.807) is 0 Å². The minimum Gasteiger partial charge on any atom is -0.341 e. The van der Waals surface area contributed by atoms with Gasteiger partial charge in [0.25, 0.3) is 0 Å². The molecule has 0 saturated heterocycles. The SMILES string of the molecule is O=Cc1ccc2c(c1)CCN2C1=CC2c3ccccc3N(c3ccccc3)C2C=C1. The van der Waals surface area contributed by atoms with Crippen LogP contribution in [0.25, 0.3) is 0 Å².